The molecule has 1 unspecified atom stereocenters. The van der Waals surface area contributed by atoms with Gasteiger partial charge in [0.25, 0.3) is 0 Å². The van der Waals surface area contributed by atoms with Crippen molar-refractivity contribution in [3.8, 4) is 0 Å². The summed E-state index contributed by atoms with van der Waals surface area (Å²) in [5.41, 5.74) is 0.985. The number of aryl methyl sites for hydroxylation is 1. The average Bonchev–Trinajstić information content (AvgIpc) is 2.78. The summed E-state index contributed by atoms with van der Waals surface area (Å²) < 4.78 is 1.77. The van der Waals surface area contributed by atoms with E-state index in [2.05, 4.69) is 22.3 Å². The lowest BCUT2D eigenvalue weighted by atomic mass is 10.0. The van der Waals surface area contributed by atoms with E-state index in [1.807, 2.05) is 19.2 Å². The van der Waals surface area contributed by atoms with Crippen LogP contribution in [0.5, 0.6) is 0 Å². The van der Waals surface area contributed by atoms with Crippen molar-refractivity contribution in [2.75, 3.05) is 6.54 Å². The molecule has 4 nitrogen and oxygen atoms in total. The van der Waals surface area contributed by atoms with Crippen LogP contribution in [-0.2, 0) is 13.5 Å². The highest BCUT2D eigenvalue weighted by Crippen LogP contribution is 2.28. The molecule has 2 aromatic rings. The fourth-order valence-electron chi connectivity index (χ4n) is 2.01. The molecule has 0 saturated heterocycles. The van der Waals surface area contributed by atoms with Crippen LogP contribution in [-0.4, -0.2) is 21.3 Å². The molecule has 1 atom stereocenters. The lowest BCUT2D eigenvalue weighted by Gasteiger charge is -2.19. The van der Waals surface area contributed by atoms with Crippen molar-refractivity contribution in [1.29, 1.82) is 0 Å². The van der Waals surface area contributed by atoms with Gasteiger partial charge in [-0.3, -0.25) is 4.68 Å². The van der Waals surface area contributed by atoms with Crippen molar-refractivity contribution in [2.24, 2.45) is 7.05 Å². The summed E-state index contributed by atoms with van der Waals surface area (Å²) >= 11 is 12.3. The SMILES string of the molecule is CCNC(Cc1ncnn1C)c1cc(Cl)ccc1Cl. The van der Waals surface area contributed by atoms with Gasteiger partial charge in [0.05, 0.1) is 0 Å². The monoisotopic (exact) mass is 298 g/mol. The molecule has 102 valence electrons. The second kappa shape index (κ2) is 6.37. The average molecular weight is 299 g/mol. The van der Waals surface area contributed by atoms with Crippen LogP contribution in [0.1, 0.15) is 24.4 Å². The van der Waals surface area contributed by atoms with E-state index in [1.165, 1.54) is 0 Å². The van der Waals surface area contributed by atoms with Gasteiger partial charge in [-0.25, -0.2) is 4.98 Å². The predicted molar refractivity (Wildman–Crippen MR) is 77.6 cm³/mol. The Balaban J connectivity index is 2.29. The van der Waals surface area contributed by atoms with E-state index in [-0.39, 0.29) is 6.04 Å². The molecule has 19 heavy (non-hydrogen) atoms. The number of nitrogens with one attached hydrogen (secondary N) is 1. The molecular formula is C13H16Cl2N4. The van der Waals surface area contributed by atoms with Crippen LogP contribution in [0.2, 0.25) is 10.0 Å². The van der Waals surface area contributed by atoms with Gasteiger partial charge in [0.15, 0.2) is 0 Å². The first-order valence-corrected chi connectivity index (χ1v) is 6.88. The van der Waals surface area contributed by atoms with Crippen LogP contribution in [0, 0.1) is 0 Å². The first kappa shape index (κ1) is 14.3. The molecule has 0 fully saturated rings. The van der Waals surface area contributed by atoms with Gasteiger partial charge in [0.1, 0.15) is 12.2 Å². The third kappa shape index (κ3) is 3.47. The Morgan fingerprint density at radius 2 is 2.16 bits per heavy atom. The lowest BCUT2D eigenvalue weighted by Crippen LogP contribution is -2.24. The van der Waals surface area contributed by atoms with Crippen molar-refractivity contribution in [3.05, 3.63) is 46.0 Å². The summed E-state index contributed by atoms with van der Waals surface area (Å²) in [4.78, 5) is 4.25. The van der Waals surface area contributed by atoms with Crippen molar-refractivity contribution >= 4 is 23.2 Å². The van der Waals surface area contributed by atoms with E-state index in [0.717, 1.165) is 17.9 Å². The molecule has 1 aromatic carbocycles. The third-order valence-electron chi connectivity index (χ3n) is 2.98. The normalized spacial score (nSPS) is 12.6. The number of halogens is 2. The van der Waals surface area contributed by atoms with Gasteiger partial charge in [-0.1, -0.05) is 30.1 Å². The van der Waals surface area contributed by atoms with Gasteiger partial charge in [-0.15, -0.1) is 0 Å². The highest BCUT2D eigenvalue weighted by Gasteiger charge is 2.17. The molecule has 0 amide bonds. The Labute approximate surface area is 122 Å². The number of hydrogen-bond donors (Lipinski definition) is 1. The van der Waals surface area contributed by atoms with Gasteiger partial charge in [-0.2, -0.15) is 5.10 Å². The summed E-state index contributed by atoms with van der Waals surface area (Å²) in [6.07, 6.45) is 2.27. The number of hydrogen-bond acceptors (Lipinski definition) is 3. The zero-order valence-electron chi connectivity index (χ0n) is 10.9. The zero-order chi connectivity index (χ0) is 13.8. The maximum atomic E-state index is 6.27. The maximum absolute atomic E-state index is 6.27. The summed E-state index contributed by atoms with van der Waals surface area (Å²) in [5.74, 6) is 0.905. The van der Waals surface area contributed by atoms with E-state index in [1.54, 1.807) is 17.1 Å². The number of aromatic nitrogens is 3. The van der Waals surface area contributed by atoms with Gasteiger partial charge in [-0.05, 0) is 30.3 Å². The Morgan fingerprint density at radius 3 is 2.79 bits per heavy atom. The van der Waals surface area contributed by atoms with E-state index in [4.69, 9.17) is 23.2 Å². The highest BCUT2D eigenvalue weighted by molar-refractivity contribution is 6.33. The first-order chi connectivity index (χ1) is 9.11. The van der Waals surface area contributed by atoms with Crippen molar-refractivity contribution in [3.63, 3.8) is 0 Å². The second-order valence-electron chi connectivity index (χ2n) is 4.28. The number of likely N-dealkylation sites (N-methyl/N-ethyl adjacent to an activating group) is 1. The Hall–Kier alpha value is -1.10. The molecule has 1 N–H and O–H groups in total. The van der Waals surface area contributed by atoms with Crippen LogP contribution in [0.3, 0.4) is 0 Å². The van der Waals surface area contributed by atoms with E-state index < -0.39 is 0 Å². The van der Waals surface area contributed by atoms with E-state index in [0.29, 0.717) is 16.5 Å². The first-order valence-electron chi connectivity index (χ1n) is 6.13. The smallest absolute Gasteiger partial charge is 0.138 e. The Morgan fingerprint density at radius 1 is 1.37 bits per heavy atom. The van der Waals surface area contributed by atoms with Crippen molar-refractivity contribution < 1.29 is 0 Å². The predicted octanol–water partition coefficient (Wildman–Crippen LogP) is 3.02. The summed E-state index contributed by atoms with van der Waals surface area (Å²) in [7, 11) is 1.88. The van der Waals surface area contributed by atoms with E-state index >= 15 is 0 Å². The lowest BCUT2D eigenvalue weighted by molar-refractivity contribution is 0.522. The maximum Gasteiger partial charge on any atom is 0.138 e. The molecule has 6 heteroatoms. The standard InChI is InChI=1S/C13H16Cl2N4/c1-3-16-12(7-13-17-8-18-19(13)2)10-6-9(14)4-5-11(10)15/h4-6,8,12,16H,3,7H2,1-2H3. The Kier molecular flexibility index (Phi) is 4.80. The molecule has 0 spiro atoms. The summed E-state index contributed by atoms with van der Waals surface area (Å²) in [6, 6.07) is 5.58. The zero-order valence-corrected chi connectivity index (χ0v) is 12.4. The van der Waals surface area contributed by atoms with E-state index in [9.17, 15) is 0 Å². The minimum atomic E-state index is 0.0686. The molecule has 1 aromatic heterocycles. The van der Waals surface area contributed by atoms with Crippen LogP contribution in [0.25, 0.3) is 0 Å². The van der Waals surface area contributed by atoms with Gasteiger partial charge in [0.2, 0.25) is 0 Å². The summed E-state index contributed by atoms with van der Waals surface area (Å²) in [5, 5.41) is 8.88. The van der Waals surface area contributed by atoms with Crippen molar-refractivity contribution in [2.45, 2.75) is 19.4 Å². The number of rotatable bonds is 5. The molecule has 0 aliphatic rings. The van der Waals surface area contributed by atoms with Gasteiger partial charge < -0.3 is 5.32 Å². The highest BCUT2D eigenvalue weighted by atomic mass is 35.5. The molecule has 0 radical (unpaired) electrons. The van der Waals surface area contributed by atoms with Gasteiger partial charge in [0, 0.05) is 29.6 Å². The molecule has 0 bridgehead atoms. The molecule has 0 aliphatic carbocycles. The fourth-order valence-corrected chi connectivity index (χ4v) is 2.44. The largest absolute Gasteiger partial charge is 0.310 e. The van der Waals surface area contributed by atoms with Gasteiger partial charge >= 0.3 is 0 Å². The molecule has 0 saturated carbocycles. The van der Waals surface area contributed by atoms with Crippen LogP contribution >= 0.6 is 23.2 Å². The molecular weight excluding hydrogens is 283 g/mol. The fraction of sp³-hybridized carbons (Fsp3) is 0.385. The number of nitrogens with zero attached hydrogens (tertiary/aromatic N) is 3. The number of benzene rings is 1. The van der Waals surface area contributed by atoms with Crippen LogP contribution < -0.4 is 5.32 Å². The molecule has 2 rings (SSSR count). The van der Waals surface area contributed by atoms with Crippen LogP contribution in [0.15, 0.2) is 24.5 Å². The topological polar surface area (TPSA) is 42.7 Å². The Bertz CT molecular complexity index is 553. The molecule has 1 heterocycles. The quantitative estimate of drug-likeness (QED) is 0.923. The third-order valence-corrected chi connectivity index (χ3v) is 3.56. The minimum absolute atomic E-state index is 0.0686. The van der Waals surface area contributed by atoms with Crippen LogP contribution in [0.4, 0.5) is 0 Å². The molecule has 0 aliphatic heterocycles. The summed E-state index contributed by atoms with van der Waals surface area (Å²) in [6.45, 7) is 2.90. The minimum Gasteiger partial charge on any atom is -0.310 e. The van der Waals surface area contributed by atoms with Crippen molar-refractivity contribution in [1.82, 2.24) is 20.1 Å². The second-order valence-corrected chi connectivity index (χ2v) is 5.12.